The summed E-state index contributed by atoms with van der Waals surface area (Å²) in [5.41, 5.74) is -0.0288. The zero-order valence-corrected chi connectivity index (χ0v) is 12.2. The number of nitrogens with one attached hydrogen (secondary N) is 2. The number of aromatic nitrogens is 2. The molecule has 0 unspecified atom stereocenters. The quantitative estimate of drug-likeness (QED) is 0.848. The normalized spacial score (nSPS) is 19.5. The summed E-state index contributed by atoms with van der Waals surface area (Å²) in [6.45, 7) is 5.83. The van der Waals surface area contributed by atoms with Crippen molar-refractivity contribution in [3.8, 4) is 0 Å². The lowest BCUT2D eigenvalue weighted by Gasteiger charge is -2.33. The molecule has 1 aliphatic rings. The molecule has 2 N–H and O–H groups in total. The van der Waals surface area contributed by atoms with E-state index in [4.69, 9.17) is 4.74 Å². The van der Waals surface area contributed by atoms with Crippen molar-refractivity contribution in [1.29, 1.82) is 0 Å². The summed E-state index contributed by atoms with van der Waals surface area (Å²) >= 11 is 0. The summed E-state index contributed by atoms with van der Waals surface area (Å²) in [5.74, 6) is 0.678. The Bertz CT molecular complexity index is 518. The molecule has 1 aliphatic heterocycles. The predicted molar refractivity (Wildman–Crippen MR) is 71.3 cm³/mol. The van der Waals surface area contributed by atoms with E-state index < -0.39 is 10.0 Å². The van der Waals surface area contributed by atoms with Crippen molar-refractivity contribution in [3.05, 3.63) is 12.0 Å². The molecule has 0 atom stereocenters. The summed E-state index contributed by atoms with van der Waals surface area (Å²) in [5, 5.41) is 0.139. The van der Waals surface area contributed by atoms with E-state index in [1.54, 1.807) is 0 Å². The van der Waals surface area contributed by atoms with Crippen LogP contribution < -0.4 is 4.72 Å². The highest BCUT2D eigenvalue weighted by molar-refractivity contribution is 7.89. The standard InChI is InChI=1S/C12H21N3O3S/c1-3-10-13-8-11(15-10)19(16,17)14-9-12(2)4-6-18-7-5-12/h8,14H,3-7,9H2,1-2H3,(H,13,15). The first-order valence-electron chi connectivity index (χ1n) is 6.56. The van der Waals surface area contributed by atoms with Crippen LogP contribution in [0.1, 0.15) is 32.5 Å². The van der Waals surface area contributed by atoms with E-state index in [0.717, 1.165) is 12.8 Å². The van der Waals surface area contributed by atoms with Gasteiger partial charge in [0, 0.05) is 26.2 Å². The molecule has 0 radical (unpaired) electrons. The average molecular weight is 287 g/mol. The van der Waals surface area contributed by atoms with Gasteiger partial charge in [-0.1, -0.05) is 13.8 Å². The number of nitrogens with zero attached hydrogens (tertiary/aromatic N) is 1. The second kappa shape index (κ2) is 5.60. The van der Waals surface area contributed by atoms with Gasteiger partial charge in [-0.05, 0) is 18.3 Å². The SMILES string of the molecule is CCc1ncc(S(=O)(=O)NCC2(C)CCOCC2)[nH]1. The number of aryl methyl sites for hydroxylation is 1. The van der Waals surface area contributed by atoms with Gasteiger partial charge in [0.15, 0.2) is 5.03 Å². The fourth-order valence-electron chi connectivity index (χ4n) is 2.05. The first kappa shape index (κ1) is 14.5. The van der Waals surface area contributed by atoms with Crippen molar-refractivity contribution in [3.63, 3.8) is 0 Å². The van der Waals surface area contributed by atoms with Crippen LogP contribution in [0, 0.1) is 5.41 Å². The molecule has 6 nitrogen and oxygen atoms in total. The Kier molecular flexibility index (Phi) is 4.27. The molecule has 0 bridgehead atoms. The van der Waals surface area contributed by atoms with Crippen LogP contribution in [0.15, 0.2) is 11.2 Å². The molecule has 0 saturated carbocycles. The molecule has 19 heavy (non-hydrogen) atoms. The van der Waals surface area contributed by atoms with Crippen molar-refractivity contribution in [2.45, 2.75) is 38.1 Å². The molecule has 0 spiro atoms. The zero-order chi connectivity index (χ0) is 13.9. The smallest absolute Gasteiger partial charge is 0.257 e. The molecular weight excluding hydrogens is 266 g/mol. The molecule has 2 heterocycles. The molecule has 0 amide bonds. The van der Waals surface area contributed by atoms with Crippen LogP contribution in [-0.4, -0.2) is 38.1 Å². The zero-order valence-electron chi connectivity index (χ0n) is 11.4. The van der Waals surface area contributed by atoms with Gasteiger partial charge in [-0.3, -0.25) is 0 Å². The Balaban J connectivity index is 2.01. The molecule has 0 aliphatic carbocycles. The van der Waals surface area contributed by atoms with Crippen LogP contribution >= 0.6 is 0 Å². The number of imidazole rings is 1. The van der Waals surface area contributed by atoms with E-state index in [1.165, 1.54) is 6.20 Å². The number of rotatable bonds is 5. The summed E-state index contributed by atoms with van der Waals surface area (Å²) in [6, 6.07) is 0. The van der Waals surface area contributed by atoms with Crippen LogP contribution in [0.4, 0.5) is 0 Å². The minimum absolute atomic E-state index is 0.0288. The molecule has 7 heteroatoms. The maximum atomic E-state index is 12.1. The Labute approximate surface area is 114 Å². The number of hydrogen-bond donors (Lipinski definition) is 2. The van der Waals surface area contributed by atoms with Crippen molar-refractivity contribution in [2.75, 3.05) is 19.8 Å². The molecule has 1 aromatic rings. The fraction of sp³-hybridized carbons (Fsp3) is 0.750. The second-order valence-electron chi connectivity index (χ2n) is 5.30. The van der Waals surface area contributed by atoms with Crippen LogP contribution in [0.3, 0.4) is 0 Å². The topological polar surface area (TPSA) is 84.1 Å². The van der Waals surface area contributed by atoms with E-state index in [9.17, 15) is 8.42 Å². The highest BCUT2D eigenvalue weighted by atomic mass is 32.2. The van der Waals surface area contributed by atoms with Crippen LogP contribution in [0.2, 0.25) is 0 Å². The van der Waals surface area contributed by atoms with Crippen molar-refractivity contribution in [2.24, 2.45) is 5.41 Å². The van der Waals surface area contributed by atoms with Crippen molar-refractivity contribution >= 4 is 10.0 Å². The molecule has 2 rings (SSSR count). The summed E-state index contributed by atoms with van der Waals surface area (Å²) < 4.78 is 32.2. The van der Waals surface area contributed by atoms with Gasteiger partial charge in [-0.2, -0.15) is 0 Å². The second-order valence-corrected chi connectivity index (χ2v) is 7.03. The van der Waals surface area contributed by atoms with Crippen molar-refractivity contribution < 1.29 is 13.2 Å². The van der Waals surface area contributed by atoms with Gasteiger partial charge >= 0.3 is 0 Å². The van der Waals surface area contributed by atoms with E-state index in [0.29, 0.717) is 32.0 Å². The number of H-pyrrole nitrogens is 1. The van der Waals surface area contributed by atoms with Gasteiger partial charge in [0.1, 0.15) is 5.82 Å². The lowest BCUT2D eigenvalue weighted by Crippen LogP contribution is -2.39. The number of ether oxygens (including phenoxy) is 1. The monoisotopic (exact) mass is 287 g/mol. The van der Waals surface area contributed by atoms with E-state index in [2.05, 4.69) is 21.6 Å². The number of sulfonamides is 1. The lowest BCUT2D eigenvalue weighted by atomic mass is 9.83. The number of aromatic amines is 1. The van der Waals surface area contributed by atoms with Gasteiger partial charge in [-0.15, -0.1) is 0 Å². The minimum atomic E-state index is -3.50. The third-order valence-corrected chi connectivity index (χ3v) is 4.93. The first-order valence-corrected chi connectivity index (χ1v) is 8.05. The predicted octanol–water partition coefficient (Wildman–Crippen LogP) is 1.07. The maximum Gasteiger partial charge on any atom is 0.257 e. The first-order chi connectivity index (χ1) is 8.95. The average Bonchev–Trinajstić information content (AvgIpc) is 2.87. The Morgan fingerprint density at radius 3 is 2.74 bits per heavy atom. The Morgan fingerprint density at radius 1 is 1.47 bits per heavy atom. The fourth-order valence-corrected chi connectivity index (χ4v) is 3.19. The minimum Gasteiger partial charge on any atom is -0.381 e. The van der Waals surface area contributed by atoms with Gasteiger partial charge in [0.2, 0.25) is 0 Å². The largest absolute Gasteiger partial charge is 0.381 e. The van der Waals surface area contributed by atoms with Crippen LogP contribution in [-0.2, 0) is 21.2 Å². The molecular formula is C12H21N3O3S. The molecule has 108 valence electrons. The molecule has 1 fully saturated rings. The highest BCUT2D eigenvalue weighted by Gasteiger charge is 2.29. The molecule has 1 aromatic heterocycles. The van der Waals surface area contributed by atoms with E-state index in [-0.39, 0.29) is 10.4 Å². The Morgan fingerprint density at radius 2 is 2.16 bits per heavy atom. The maximum absolute atomic E-state index is 12.1. The Hall–Kier alpha value is -0.920. The third-order valence-electron chi connectivity index (χ3n) is 3.62. The van der Waals surface area contributed by atoms with E-state index >= 15 is 0 Å². The van der Waals surface area contributed by atoms with E-state index in [1.807, 2.05) is 6.92 Å². The summed E-state index contributed by atoms with van der Waals surface area (Å²) in [6.07, 6.45) is 3.80. The van der Waals surface area contributed by atoms with Crippen LogP contribution in [0.5, 0.6) is 0 Å². The van der Waals surface area contributed by atoms with Gasteiger partial charge in [0.25, 0.3) is 10.0 Å². The van der Waals surface area contributed by atoms with Gasteiger partial charge < -0.3 is 9.72 Å². The molecule has 0 aromatic carbocycles. The third kappa shape index (κ3) is 3.55. The lowest BCUT2D eigenvalue weighted by molar-refractivity contribution is 0.0264. The highest BCUT2D eigenvalue weighted by Crippen LogP contribution is 2.29. The van der Waals surface area contributed by atoms with Gasteiger partial charge in [0.05, 0.1) is 6.20 Å². The van der Waals surface area contributed by atoms with Crippen LogP contribution in [0.25, 0.3) is 0 Å². The molecule has 1 saturated heterocycles. The summed E-state index contributed by atoms with van der Waals surface area (Å²) in [4.78, 5) is 6.84. The van der Waals surface area contributed by atoms with Crippen molar-refractivity contribution in [1.82, 2.24) is 14.7 Å². The summed E-state index contributed by atoms with van der Waals surface area (Å²) in [7, 11) is -3.50. The van der Waals surface area contributed by atoms with Gasteiger partial charge in [-0.25, -0.2) is 18.1 Å². The number of hydrogen-bond acceptors (Lipinski definition) is 4.